The number of nitrogens with one attached hydrogen (secondary N) is 1. The predicted octanol–water partition coefficient (Wildman–Crippen LogP) is 8.78. The molecule has 0 aromatic rings. The summed E-state index contributed by atoms with van der Waals surface area (Å²) in [6.07, 6.45) is 29.6. The second-order valence-corrected chi connectivity index (χ2v) is 15.9. The molecule has 0 bridgehead atoms. The normalized spacial score (nSPS) is 21.7. The fraction of sp³-hybridized carbons (Fsp3) is 0.977. The Morgan fingerprint density at radius 1 is 0.577 bits per heavy atom. The van der Waals surface area contributed by atoms with E-state index < -0.39 is 49.5 Å². The summed E-state index contributed by atoms with van der Waals surface area (Å²) in [5.74, 6) is -0.142. The quantitative estimate of drug-likeness (QED) is 0.0346. The number of aliphatic hydroxyl groups is 5. The summed E-state index contributed by atoms with van der Waals surface area (Å²) in [6.45, 7) is 3.84. The van der Waals surface area contributed by atoms with Crippen LogP contribution in [-0.4, -0.2) is 87.5 Å². The molecule has 6 N–H and O–H groups in total. The standard InChI is InChI=1S/C43H85NO8/c1-3-5-7-9-11-13-15-17-19-20-22-24-26-28-30-32-37(46)36(35-51-43-42(50)41(49)40(48)38(34-45)52-43)44-39(47)33-31-29-27-25-23-21-18-16-14-12-10-8-6-4-2/h36-38,40-43,45-46,48-50H,3-35H2,1-2H3,(H,44,47)/t36-,37+,38+,40+,41?,42?,43+/m0/s1. The van der Waals surface area contributed by atoms with Gasteiger partial charge in [0.2, 0.25) is 5.91 Å². The second-order valence-electron chi connectivity index (χ2n) is 15.9. The smallest absolute Gasteiger partial charge is 0.220 e. The van der Waals surface area contributed by atoms with Gasteiger partial charge in [-0.15, -0.1) is 0 Å². The van der Waals surface area contributed by atoms with Crippen molar-refractivity contribution in [3.8, 4) is 0 Å². The van der Waals surface area contributed by atoms with Crippen molar-refractivity contribution in [2.24, 2.45) is 0 Å². The lowest BCUT2D eigenvalue weighted by molar-refractivity contribution is -0.302. The lowest BCUT2D eigenvalue weighted by Crippen LogP contribution is -2.60. The van der Waals surface area contributed by atoms with Gasteiger partial charge >= 0.3 is 0 Å². The third kappa shape index (κ3) is 25.3. The van der Waals surface area contributed by atoms with E-state index in [1.54, 1.807) is 0 Å². The molecule has 1 heterocycles. The van der Waals surface area contributed by atoms with Crippen molar-refractivity contribution >= 4 is 5.91 Å². The minimum atomic E-state index is -1.55. The van der Waals surface area contributed by atoms with Gasteiger partial charge in [0, 0.05) is 6.42 Å². The van der Waals surface area contributed by atoms with E-state index >= 15 is 0 Å². The van der Waals surface area contributed by atoms with Crippen LogP contribution >= 0.6 is 0 Å². The number of carbonyl (C=O) groups excluding carboxylic acids is 1. The number of aliphatic hydroxyl groups excluding tert-OH is 5. The van der Waals surface area contributed by atoms with E-state index in [1.165, 1.54) is 148 Å². The maximum absolute atomic E-state index is 12.9. The minimum absolute atomic E-state index is 0.132. The van der Waals surface area contributed by atoms with E-state index in [0.717, 1.165) is 38.5 Å². The minimum Gasteiger partial charge on any atom is -0.394 e. The molecule has 0 saturated carbocycles. The highest BCUT2D eigenvalue weighted by Gasteiger charge is 2.44. The van der Waals surface area contributed by atoms with Gasteiger partial charge in [-0.05, 0) is 12.8 Å². The number of amides is 1. The average Bonchev–Trinajstić information content (AvgIpc) is 3.14. The Hall–Kier alpha value is -0.810. The molecule has 2 unspecified atom stereocenters. The molecule has 0 aromatic carbocycles. The van der Waals surface area contributed by atoms with Crippen LogP contribution in [0.3, 0.4) is 0 Å². The summed E-state index contributed by atoms with van der Waals surface area (Å²) in [6, 6.07) is -0.710. The van der Waals surface area contributed by atoms with Crippen molar-refractivity contribution in [3.63, 3.8) is 0 Å². The first-order valence-electron chi connectivity index (χ1n) is 22.2. The van der Waals surface area contributed by atoms with Crippen molar-refractivity contribution in [3.05, 3.63) is 0 Å². The number of carbonyl (C=O) groups is 1. The number of hydrogen-bond donors (Lipinski definition) is 6. The largest absolute Gasteiger partial charge is 0.394 e. The Kier molecular flexibility index (Phi) is 32.8. The maximum atomic E-state index is 12.9. The Morgan fingerprint density at radius 3 is 1.37 bits per heavy atom. The van der Waals surface area contributed by atoms with E-state index in [-0.39, 0.29) is 12.5 Å². The van der Waals surface area contributed by atoms with Crippen molar-refractivity contribution in [2.75, 3.05) is 13.2 Å². The van der Waals surface area contributed by atoms with Crippen LogP contribution in [0.1, 0.15) is 213 Å². The van der Waals surface area contributed by atoms with E-state index in [9.17, 15) is 30.3 Å². The van der Waals surface area contributed by atoms with E-state index in [1.807, 2.05) is 0 Å². The van der Waals surface area contributed by atoms with E-state index in [0.29, 0.717) is 12.8 Å². The zero-order valence-electron chi connectivity index (χ0n) is 33.8. The molecule has 1 fully saturated rings. The van der Waals surface area contributed by atoms with Crippen LogP contribution in [0.4, 0.5) is 0 Å². The molecule has 1 aliphatic rings. The van der Waals surface area contributed by atoms with Crippen molar-refractivity contribution in [1.29, 1.82) is 0 Å². The SMILES string of the molecule is CCCCCCCCCCCCCCCCC[C@@H](O)[C@H](CO[C@@H]1O[C@H](CO)[C@@H](O)C(O)C1O)NC(=O)CCCCCCCCCCCCCCCC. The monoisotopic (exact) mass is 744 g/mol. The van der Waals surface area contributed by atoms with Crippen molar-refractivity contribution in [1.82, 2.24) is 5.32 Å². The van der Waals surface area contributed by atoms with Crippen LogP contribution in [-0.2, 0) is 14.3 Å². The Balaban J connectivity index is 2.34. The summed E-state index contributed by atoms with van der Waals surface area (Å²) in [4.78, 5) is 12.9. The first-order chi connectivity index (χ1) is 25.3. The van der Waals surface area contributed by atoms with E-state index in [2.05, 4.69) is 19.2 Å². The van der Waals surface area contributed by atoms with Gasteiger partial charge in [0.25, 0.3) is 0 Å². The van der Waals surface area contributed by atoms with Gasteiger partial charge in [0.05, 0.1) is 25.4 Å². The molecule has 0 aromatic heterocycles. The van der Waals surface area contributed by atoms with Crippen LogP contribution in [0.2, 0.25) is 0 Å². The second kappa shape index (κ2) is 34.7. The number of ether oxygens (including phenoxy) is 2. The lowest BCUT2D eigenvalue weighted by Gasteiger charge is -2.40. The van der Waals surface area contributed by atoms with Gasteiger partial charge < -0.3 is 40.3 Å². The zero-order chi connectivity index (χ0) is 38.1. The topological polar surface area (TPSA) is 149 Å². The Morgan fingerprint density at radius 2 is 0.962 bits per heavy atom. The van der Waals surface area contributed by atoms with Crippen LogP contribution in [0.25, 0.3) is 0 Å². The van der Waals surface area contributed by atoms with Crippen molar-refractivity contribution < 1.29 is 39.8 Å². The molecule has 52 heavy (non-hydrogen) atoms. The predicted molar refractivity (Wildman–Crippen MR) is 212 cm³/mol. The molecule has 1 saturated heterocycles. The molecule has 1 amide bonds. The third-order valence-electron chi connectivity index (χ3n) is 11.0. The molecule has 0 aliphatic carbocycles. The average molecular weight is 744 g/mol. The van der Waals surface area contributed by atoms with Gasteiger partial charge in [-0.3, -0.25) is 4.79 Å². The number of hydrogen-bond acceptors (Lipinski definition) is 8. The van der Waals surface area contributed by atoms with Crippen LogP contribution in [0.5, 0.6) is 0 Å². The molecule has 310 valence electrons. The zero-order valence-corrected chi connectivity index (χ0v) is 33.8. The first kappa shape index (κ1) is 49.2. The van der Waals surface area contributed by atoms with Gasteiger partial charge in [0.1, 0.15) is 24.4 Å². The molecular weight excluding hydrogens is 658 g/mol. The molecule has 1 aliphatic heterocycles. The van der Waals surface area contributed by atoms with Crippen LogP contribution in [0, 0.1) is 0 Å². The van der Waals surface area contributed by atoms with Gasteiger partial charge in [0.15, 0.2) is 6.29 Å². The first-order valence-corrected chi connectivity index (χ1v) is 22.2. The summed E-state index contributed by atoms with van der Waals surface area (Å²) in [5, 5.41) is 54.3. The summed E-state index contributed by atoms with van der Waals surface area (Å²) < 4.78 is 11.2. The Bertz CT molecular complexity index is 786. The molecule has 9 nitrogen and oxygen atoms in total. The summed E-state index contributed by atoms with van der Waals surface area (Å²) in [7, 11) is 0. The third-order valence-corrected chi connectivity index (χ3v) is 11.0. The summed E-state index contributed by atoms with van der Waals surface area (Å²) in [5.41, 5.74) is 0. The highest BCUT2D eigenvalue weighted by Crippen LogP contribution is 2.23. The fourth-order valence-electron chi connectivity index (χ4n) is 7.34. The molecule has 7 atom stereocenters. The maximum Gasteiger partial charge on any atom is 0.220 e. The van der Waals surface area contributed by atoms with E-state index in [4.69, 9.17) is 9.47 Å². The highest BCUT2D eigenvalue weighted by atomic mass is 16.7. The van der Waals surface area contributed by atoms with Gasteiger partial charge in [-0.25, -0.2) is 0 Å². The van der Waals surface area contributed by atoms with Crippen molar-refractivity contribution in [2.45, 2.75) is 256 Å². The Labute approximate surface area is 319 Å². The molecule has 0 spiro atoms. The van der Waals surface area contributed by atoms with Gasteiger partial charge in [-0.1, -0.05) is 194 Å². The fourth-order valence-corrected chi connectivity index (χ4v) is 7.34. The van der Waals surface area contributed by atoms with Crippen LogP contribution < -0.4 is 5.32 Å². The molecule has 9 heteroatoms. The molecule has 0 radical (unpaired) electrons. The molecule has 1 rings (SSSR count). The lowest BCUT2D eigenvalue weighted by atomic mass is 9.99. The highest BCUT2D eigenvalue weighted by molar-refractivity contribution is 5.76. The van der Waals surface area contributed by atoms with Crippen LogP contribution in [0.15, 0.2) is 0 Å². The molecular formula is C43H85NO8. The number of rotatable bonds is 37. The number of unbranched alkanes of at least 4 members (excludes halogenated alkanes) is 27. The summed E-state index contributed by atoms with van der Waals surface area (Å²) >= 11 is 0. The van der Waals surface area contributed by atoms with Gasteiger partial charge in [-0.2, -0.15) is 0 Å².